The molecule has 1 atom stereocenters. The molecule has 0 saturated heterocycles. The molecule has 0 aliphatic carbocycles. The number of likely N-dealkylation sites (N-methyl/N-ethyl adjacent to an activating group) is 1. The molecule has 1 unspecified atom stereocenters. The lowest BCUT2D eigenvalue weighted by molar-refractivity contribution is 0.269. The molecule has 2 nitrogen and oxygen atoms in total. The Morgan fingerprint density at radius 1 is 1.05 bits per heavy atom. The van der Waals surface area contributed by atoms with Gasteiger partial charge in [0.05, 0.1) is 0 Å². The van der Waals surface area contributed by atoms with Crippen LogP contribution in [0.15, 0.2) is 59.1 Å². The van der Waals surface area contributed by atoms with Crippen molar-refractivity contribution in [3.63, 3.8) is 0 Å². The van der Waals surface area contributed by atoms with Gasteiger partial charge in [0.1, 0.15) is 12.4 Å². The molecule has 0 bridgehead atoms. The molecule has 0 amide bonds. The van der Waals surface area contributed by atoms with Crippen LogP contribution in [0.3, 0.4) is 0 Å². The Morgan fingerprint density at radius 2 is 1.74 bits per heavy atom. The number of nitrogens with one attached hydrogen (secondary N) is 1. The topological polar surface area (TPSA) is 21.3 Å². The molecule has 3 heteroatoms. The molecule has 19 heavy (non-hydrogen) atoms. The van der Waals surface area contributed by atoms with Gasteiger partial charge in [-0.05, 0) is 37.2 Å². The molecule has 1 N–H and O–H groups in total. The van der Waals surface area contributed by atoms with Gasteiger partial charge in [0.2, 0.25) is 0 Å². The van der Waals surface area contributed by atoms with Crippen LogP contribution in [0.2, 0.25) is 0 Å². The summed E-state index contributed by atoms with van der Waals surface area (Å²) >= 11 is 3.58. The summed E-state index contributed by atoms with van der Waals surface area (Å²) in [5.74, 6) is 0.912. The van der Waals surface area contributed by atoms with Gasteiger partial charge in [0.25, 0.3) is 0 Å². The van der Waals surface area contributed by atoms with Crippen LogP contribution >= 0.6 is 15.9 Å². The lowest BCUT2D eigenvalue weighted by Crippen LogP contribution is -2.33. The maximum atomic E-state index is 5.79. The van der Waals surface area contributed by atoms with Crippen molar-refractivity contribution in [1.29, 1.82) is 0 Å². The van der Waals surface area contributed by atoms with Crippen molar-refractivity contribution in [2.24, 2.45) is 0 Å². The number of hydrogen-bond acceptors (Lipinski definition) is 2. The largest absolute Gasteiger partial charge is 0.492 e. The van der Waals surface area contributed by atoms with Gasteiger partial charge >= 0.3 is 0 Å². The van der Waals surface area contributed by atoms with Crippen LogP contribution in [-0.2, 0) is 6.42 Å². The van der Waals surface area contributed by atoms with Crippen LogP contribution < -0.4 is 10.1 Å². The number of hydrogen-bond donors (Lipinski definition) is 1. The normalized spacial score (nSPS) is 12.1. The first-order chi connectivity index (χ1) is 9.29. The third-order valence-corrected chi connectivity index (χ3v) is 3.80. The second kappa shape index (κ2) is 7.31. The van der Waals surface area contributed by atoms with Crippen LogP contribution in [-0.4, -0.2) is 19.7 Å². The van der Waals surface area contributed by atoms with E-state index in [1.165, 1.54) is 5.56 Å². The molecule has 2 rings (SSSR count). The molecule has 0 aromatic heterocycles. The molecule has 0 heterocycles. The molecule has 0 saturated carbocycles. The van der Waals surface area contributed by atoms with Gasteiger partial charge in [-0.1, -0.05) is 52.3 Å². The minimum absolute atomic E-state index is 0.291. The highest BCUT2D eigenvalue weighted by atomic mass is 79.9. The van der Waals surface area contributed by atoms with Gasteiger partial charge in [-0.25, -0.2) is 0 Å². The Bertz CT molecular complexity index is 501. The summed E-state index contributed by atoms with van der Waals surface area (Å²) in [6, 6.07) is 18.5. The Labute approximate surface area is 122 Å². The maximum Gasteiger partial charge on any atom is 0.119 e. The SMILES string of the molecule is CNC(COc1ccccc1)Cc1ccccc1Br. The maximum absolute atomic E-state index is 5.79. The van der Waals surface area contributed by atoms with Gasteiger partial charge in [0, 0.05) is 10.5 Å². The van der Waals surface area contributed by atoms with Crippen LogP contribution in [0.1, 0.15) is 5.56 Å². The summed E-state index contributed by atoms with van der Waals surface area (Å²) in [6.07, 6.45) is 0.935. The van der Waals surface area contributed by atoms with E-state index in [1.54, 1.807) is 0 Å². The highest BCUT2D eigenvalue weighted by molar-refractivity contribution is 9.10. The quantitative estimate of drug-likeness (QED) is 0.877. The predicted molar refractivity (Wildman–Crippen MR) is 82.6 cm³/mol. The van der Waals surface area contributed by atoms with Crippen molar-refractivity contribution in [1.82, 2.24) is 5.32 Å². The van der Waals surface area contributed by atoms with Crippen molar-refractivity contribution in [2.45, 2.75) is 12.5 Å². The van der Waals surface area contributed by atoms with Crippen LogP contribution in [0.5, 0.6) is 5.75 Å². The summed E-state index contributed by atoms with van der Waals surface area (Å²) < 4.78 is 6.94. The van der Waals surface area contributed by atoms with E-state index in [2.05, 4.69) is 39.4 Å². The summed E-state index contributed by atoms with van der Waals surface area (Å²) in [5, 5.41) is 3.30. The first-order valence-corrected chi connectivity index (χ1v) is 7.17. The summed E-state index contributed by atoms with van der Waals surface area (Å²) in [5.41, 5.74) is 1.29. The van der Waals surface area contributed by atoms with E-state index in [4.69, 9.17) is 4.74 Å². The average Bonchev–Trinajstić information content (AvgIpc) is 2.46. The van der Waals surface area contributed by atoms with Gasteiger partial charge in [0.15, 0.2) is 0 Å². The molecular formula is C16H18BrNO. The fourth-order valence-corrected chi connectivity index (χ4v) is 2.33. The zero-order valence-corrected chi connectivity index (χ0v) is 12.6. The van der Waals surface area contributed by atoms with E-state index in [0.717, 1.165) is 16.6 Å². The van der Waals surface area contributed by atoms with Gasteiger partial charge in [-0.15, -0.1) is 0 Å². The first-order valence-electron chi connectivity index (χ1n) is 6.38. The van der Waals surface area contributed by atoms with Gasteiger partial charge in [-0.3, -0.25) is 0 Å². The molecule has 0 aliphatic heterocycles. The minimum Gasteiger partial charge on any atom is -0.492 e. The zero-order chi connectivity index (χ0) is 13.5. The van der Waals surface area contributed by atoms with E-state index in [9.17, 15) is 0 Å². The van der Waals surface area contributed by atoms with Gasteiger partial charge in [-0.2, -0.15) is 0 Å². The van der Waals surface area contributed by atoms with Gasteiger partial charge < -0.3 is 10.1 Å². The summed E-state index contributed by atoms with van der Waals surface area (Å²) in [7, 11) is 1.97. The standard InChI is InChI=1S/C16H18BrNO/c1-18-14(11-13-7-5-6-10-16(13)17)12-19-15-8-3-2-4-9-15/h2-10,14,18H,11-12H2,1H3. The van der Waals surface area contributed by atoms with Crippen molar-refractivity contribution in [3.05, 3.63) is 64.6 Å². The highest BCUT2D eigenvalue weighted by Gasteiger charge is 2.10. The molecular weight excluding hydrogens is 302 g/mol. The van der Waals surface area contributed by atoms with Crippen molar-refractivity contribution in [3.8, 4) is 5.75 Å². The van der Waals surface area contributed by atoms with E-state index in [1.807, 2.05) is 43.4 Å². The number of benzene rings is 2. The minimum atomic E-state index is 0.291. The summed E-state index contributed by atoms with van der Waals surface area (Å²) in [4.78, 5) is 0. The molecule has 0 aliphatic rings. The van der Waals surface area contributed by atoms with E-state index in [0.29, 0.717) is 12.6 Å². The Morgan fingerprint density at radius 3 is 2.42 bits per heavy atom. The number of para-hydroxylation sites is 1. The zero-order valence-electron chi connectivity index (χ0n) is 11.0. The molecule has 0 fully saturated rings. The highest BCUT2D eigenvalue weighted by Crippen LogP contribution is 2.18. The lowest BCUT2D eigenvalue weighted by Gasteiger charge is -2.18. The fourth-order valence-electron chi connectivity index (χ4n) is 1.89. The van der Waals surface area contributed by atoms with Crippen molar-refractivity contribution < 1.29 is 4.74 Å². The van der Waals surface area contributed by atoms with Crippen LogP contribution in [0.25, 0.3) is 0 Å². The van der Waals surface area contributed by atoms with Crippen LogP contribution in [0, 0.1) is 0 Å². The monoisotopic (exact) mass is 319 g/mol. The molecule has 100 valence electrons. The lowest BCUT2D eigenvalue weighted by atomic mass is 10.1. The van der Waals surface area contributed by atoms with E-state index in [-0.39, 0.29) is 0 Å². The van der Waals surface area contributed by atoms with Crippen molar-refractivity contribution in [2.75, 3.05) is 13.7 Å². The number of halogens is 1. The fraction of sp³-hybridized carbons (Fsp3) is 0.250. The average molecular weight is 320 g/mol. The Kier molecular flexibility index (Phi) is 5.43. The smallest absolute Gasteiger partial charge is 0.119 e. The Hall–Kier alpha value is -1.32. The summed E-state index contributed by atoms with van der Waals surface area (Å²) in [6.45, 7) is 0.655. The first kappa shape index (κ1) is 14.1. The third-order valence-electron chi connectivity index (χ3n) is 3.03. The molecule has 2 aromatic carbocycles. The van der Waals surface area contributed by atoms with Crippen LogP contribution in [0.4, 0.5) is 0 Å². The molecule has 0 spiro atoms. The Balaban J connectivity index is 1.92. The second-order valence-corrected chi connectivity index (χ2v) is 5.26. The molecule has 2 aromatic rings. The van der Waals surface area contributed by atoms with Crippen molar-refractivity contribution >= 4 is 15.9 Å². The predicted octanol–water partition coefficient (Wildman–Crippen LogP) is 3.66. The number of ether oxygens (including phenoxy) is 1. The molecule has 0 radical (unpaired) electrons. The number of rotatable bonds is 6. The second-order valence-electron chi connectivity index (χ2n) is 4.41. The van der Waals surface area contributed by atoms with E-state index < -0.39 is 0 Å². The third kappa shape index (κ3) is 4.37. The van der Waals surface area contributed by atoms with E-state index >= 15 is 0 Å².